The second-order valence-electron chi connectivity index (χ2n) is 6.24. The lowest BCUT2D eigenvalue weighted by Gasteiger charge is -2.19. The van der Waals surface area contributed by atoms with Gasteiger partial charge in [-0.1, -0.05) is 25.1 Å². The van der Waals surface area contributed by atoms with Crippen LogP contribution in [-0.4, -0.2) is 23.6 Å². The Morgan fingerprint density at radius 1 is 1.29 bits per heavy atom. The van der Waals surface area contributed by atoms with Crippen molar-refractivity contribution >= 4 is 16.6 Å². The van der Waals surface area contributed by atoms with E-state index >= 15 is 0 Å². The van der Waals surface area contributed by atoms with Crippen molar-refractivity contribution in [3.63, 3.8) is 0 Å². The van der Waals surface area contributed by atoms with Crippen molar-refractivity contribution in [3.05, 3.63) is 64.2 Å². The smallest absolute Gasteiger partial charge is 0.258 e. The molecule has 1 N–H and O–H groups in total. The van der Waals surface area contributed by atoms with Gasteiger partial charge in [-0.15, -0.1) is 0 Å². The van der Waals surface area contributed by atoms with Crippen molar-refractivity contribution in [2.45, 2.75) is 19.4 Å². The van der Waals surface area contributed by atoms with E-state index in [9.17, 15) is 4.79 Å². The zero-order chi connectivity index (χ0) is 16.7. The molecule has 5 nitrogen and oxygen atoms in total. The lowest BCUT2D eigenvalue weighted by molar-refractivity contribution is 0.415. The molecule has 1 aliphatic heterocycles. The van der Waals surface area contributed by atoms with Gasteiger partial charge in [-0.25, -0.2) is 4.98 Å². The fourth-order valence-corrected chi connectivity index (χ4v) is 3.42. The number of rotatable bonds is 3. The number of aromatic amines is 1. The molecule has 0 bridgehead atoms. The van der Waals surface area contributed by atoms with Crippen LogP contribution in [0, 0.1) is 0 Å². The molecule has 4 rings (SSSR count). The van der Waals surface area contributed by atoms with Crippen LogP contribution in [0.1, 0.15) is 24.2 Å². The SMILES string of the molecule is COc1ccc2nc(CN3C[C@@H](C)c4ccccc43)[nH]c(=O)c2c1. The molecule has 0 saturated heterocycles. The molecule has 2 heterocycles. The third kappa shape index (κ3) is 2.42. The molecule has 0 fully saturated rings. The second kappa shape index (κ2) is 5.67. The highest BCUT2D eigenvalue weighted by Gasteiger charge is 2.25. The Morgan fingerprint density at radius 3 is 2.96 bits per heavy atom. The first-order chi connectivity index (χ1) is 11.7. The van der Waals surface area contributed by atoms with Crippen LogP contribution >= 0.6 is 0 Å². The highest BCUT2D eigenvalue weighted by Crippen LogP contribution is 2.36. The minimum Gasteiger partial charge on any atom is -0.497 e. The molecule has 1 aromatic heterocycles. The number of methoxy groups -OCH3 is 1. The van der Waals surface area contributed by atoms with E-state index < -0.39 is 0 Å². The number of hydrogen-bond donors (Lipinski definition) is 1. The predicted octanol–water partition coefficient (Wildman–Crippen LogP) is 3.06. The summed E-state index contributed by atoms with van der Waals surface area (Å²) in [4.78, 5) is 22.2. The average molecular weight is 321 g/mol. The molecule has 3 aromatic rings. The van der Waals surface area contributed by atoms with Crippen LogP contribution in [-0.2, 0) is 6.54 Å². The molecule has 0 saturated carbocycles. The number of aromatic nitrogens is 2. The van der Waals surface area contributed by atoms with E-state index in [0.29, 0.717) is 34.9 Å². The summed E-state index contributed by atoms with van der Waals surface area (Å²) in [5.41, 5.74) is 3.14. The number of hydrogen-bond acceptors (Lipinski definition) is 4. The van der Waals surface area contributed by atoms with Gasteiger partial charge in [0, 0.05) is 18.2 Å². The van der Waals surface area contributed by atoms with Gasteiger partial charge >= 0.3 is 0 Å². The number of H-pyrrole nitrogens is 1. The minimum absolute atomic E-state index is 0.130. The molecule has 2 aromatic carbocycles. The van der Waals surface area contributed by atoms with E-state index in [1.807, 2.05) is 18.2 Å². The van der Waals surface area contributed by atoms with E-state index in [2.05, 4.69) is 40.0 Å². The summed E-state index contributed by atoms with van der Waals surface area (Å²) >= 11 is 0. The summed E-state index contributed by atoms with van der Waals surface area (Å²) in [5, 5.41) is 0.549. The van der Waals surface area contributed by atoms with Crippen LogP contribution in [0.25, 0.3) is 10.9 Å². The van der Waals surface area contributed by atoms with Crippen LogP contribution in [0.5, 0.6) is 5.75 Å². The zero-order valence-corrected chi connectivity index (χ0v) is 13.7. The van der Waals surface area contributed by atoms with Gasteiger partial charge < -0.3 is 14.6 Å². The largest absolute Gasteiger partial charge is 0.497 e. The zero-order valence-electron chi connectivity index (χ0n) is 13.7. The molecule has 122 valence electrons. The molecule has 0 aliphatic carbocycles. The Hall–Kier alpha value is -2.82. The van der Waals surface area contributed by atoms with E-state index in [1.54, 1.807) is 13.2 Å². The molecular formula is C19H19N3O2. The lowest BCUT2D eigenvalue weighted by Crippen LogP contribution is -2.24. The van der Waals surface area contributed by atoms with Crippen molar-refractivity contribution in [3.8, 4) is 5.75 Å². The van der Waals surface area contributed by atoms with Crippen molar-refractivity contribution in [2.24, 2.45) is 0 Å². The number of para-hydroxylation sites is 1. The average Bonchev–Trinajstić information content (AvgIpc) is 2.91. The molecule has 1 atom stereocenters. The Labute approximate surface area is 139 Å². The van der Waals surface area contributed by atoms with Crippen LogP contribution in [0.3, 0.4) is 0 Å². The molecule has 5 heteroatoms. The topological polar surface area (TPSA) is 58.2 Å². The number of nitrogens with one attached hydrogen (secondary N) is 1. The maximum atomic E-state index is 12.4. The van der Waals surface area contributed by atoms with E-state index in [-0.39, 0.29) is 5.56 Å². The minimum atomic E-state index is -0.130. The van der Waals surface area contributed by atoms with Crippen molar-refractivity contribution in [2.75, 3.05) is 18.6 Å². The predicted molar refractivity (Wildman–Crippen MR) is 94.8 cm³/mol. The monoisotopic (exact) mass is 321 g/mol. The quantitative estimate of drug-likeness (QED) is 0.805. The number of fused-ring (bicyclic) bond motifs is 2. The molecule has 0 unspecified atom stereocenters. The highest BCUT2D eigenvalue weighted by atomic mass is 16.5. The standard InChI is InChI=1S/C19H19N3O2/c1-12-10-22(17-6-4-3-5-14(12)17)11-18-20-16-8-7-13(24-2)9-15(16)19(23)21-18/h3-9,12H,10-11H2,1-2H3,(H,20,21,23)/t12-/m1/s1. The van der Waals surface area contributed by atoms with Gasteiger partial charge in [0.15, 0.2) is 0 Å². The molecule has 0 radical (unpaired) electrons. The first-order valence-corrected chi connectivity index (χ1v) is 8.06. The highest BCUT2D eigenvalue weighted by molar-refractivity contribution is 5.79. The lowest BCUT2D eigenvalue weighted by atomic mass is 10.0. The normalized spacial score (nSPS) is 16.4. The van der Waals surface area contributed by atoms with E-state index in [1.165, 1.54) is 11.3 Å². The summed E-state index contributed by atoms with van der Waals surface area (Å²) in [6.45, 7) is 3.75. The third-order valence-electron chi connectivity index (χ3n) is 4.60. The van der Waals surface area contributed by atoms with E-state index in [0.717, 1.165) is 6.54 Å². The maximum absolute atomic E-state index is 12.4. The third-order valence-corrected chi connectivity index (χ3v) is 4.60. The fourth-order valence-electron chi connectivity index (χ4n) is 3.42. The number of nitrogens with zero attached hydrogens (tertiary/aromatic N) is 2. The van der Waals surface area contributed by atoms with Crippen LogP contribution < -0.4 is 15.2 Å². The van der Waals surface area contributed by atoms with Gasteiger partial charge in [0.1, 0.15) is 11.6 Å². The van der Waals surface area contributed by atoms with Gasteiger partial charge in [0.2, 0.25) is 0 Å². The van der Waals surface area contributed by atoms with Gasteiger partial charge in [-0.3, -0.25) is 4.79 Å². The maximum Gasteiger partial charge on any atom is 0.258 e. The van der Waals surface area contributed by atoms with E-state index in [4.69, 9.17) is 4.74 Å². The van der Waals surface area contributed by atoms with Gasteiger partial charge in [-0.2, -0.15) is 0 Å². The Bertz CT molecular complexity index is 964. The first-order valence-electron chi connectivity index (χ1n) is 8.06. The summed E-state index contributed by atoms with van der Waals surface area (Å²) < 4.78 is 5.18. The summed E-state index contributed by atoms with van der Waals surface area (Å²) in [6.07, 6.45) is 0. The fraction of sp³-hybridized carbons (Fsp3) is 0.263. The molecular weight excluding hydrogens is 302 g/mol. The Balaban J connectivity index is 1.70. The Kier molecular flexibility index (Phi) is 3.49. The van der Waals surface area contributed by atoms with Crippen LogP contribution in [0.15, 0.2) is 47.3 Å². The second-order valence-corrected chi connectivity index (χ2v) is 6.24. The number of anilines is 1. The van der Waals surface area contributed by atoms with Gasteiger partial charge in [0.25, 0.3) is 5.56 Å². The molecule has 1 aliphatic rings. The van der Waals surface area contributed by atoms with Crippen LogP contribution in [0.4, 0.5) is 5.69 Å². The number of ether oxygens (including phenoxy) is 1. The molecule has 0 amide bonds. The van der Waals surface area contributed by atoms with Gasteiger partial charge in [0.05, 0.1) is 24.6 Å². The van der Waals surface area contributed by atoms with Crippen molar-refractivity contribution in [1.82, 2.24) is 9.97 Å². The summed E-state index contributed by atoms with van der Waals surface area (Å²) in [7, 11) is 1.59. The summed E-state index contributed by atoms with van der Waals surface area (Å²) in [6, 6.07) is 13.8. The van der Waals surface area contributed by atoms with Crippen molar-refractivity contribution < 1.29 is 4.74 Å². The molecule has 0 spiro atoms. The first kappa shape index (κ1) is 14.8. The Morgan fingerprint density at radius 2 is 2.12 bits per heavy atom. The van der Waals surface area contributed by atoms with Crippen LogP contribution in [0.2, 0.25) is 0 Å². The van der Waals surface area contributed by atoms with Gasteiger partial charge in [-0.05, 0) is 29.8 Å². The van der Waals surface area contributed by atoms with Crippen molar-refractivity contribution in [1.29, 1.82) is 0 Å². The number of benzene rings is 2. The molecule has 24 heavy (non-hydrogen) atoms. The summed E-state index contributed by atoms with van der Waals surface area (Å²) in [5.74, 6) is 1.82.